The summed E-state index contributed by atoms with van der Waals surface area (Å²) in [6.07, 6.45) is 4.87. The Hall–Kier alpha value is -2.29. The van der Waals surface area contributed by atoms with E-state index in [1.54, 1.807) is 22.8 Å². The van der Waals surface area contributed by atoms with Crippen molar-refractivity contribution < 1.29 is 4.79 Å². The SMILES string of the molecule is O=C(NCCCN1CCCCC1)c1ccc(Cn2c(=S)[nH]c3ccc(Br)cc3c2=O)cc1. The Morgan fingerprint density at radius 2 is 1.84 bits per heavy atom. The molecule has 168 valence electrons. The highest BCUT2D eigenvalue weighted by molar-refractivity contribution is 9.10. The van der Waals surface area contributed by atoms with Crippen molar-refractivity contribution in [3.8, 4) is 0 Å². The zero-order valence-electron chi connectivity index (χ0n) is 17.9. The van der Waals surface area contributed by atoms with Crippen molar-refractivity contribution in [2.75, 3.05) is 26.2 Å². The third-order valence-corrected chi connectivity index (χ3v) is 6.70. The number of piperidine rings is 1. The fourth-order valence-corrected chi connectivity index (χ4v) is 4.72. The second-order valence-corrected chi connectivity index (χ2v) is 9.52. The molecule has 0 unspecified atom stereocenters. The second-order valence-electron chi connectivity index (χ2n) is 8.22. The van der Waals surface area contributed by atoms with Crippen LogP contribution in [-0.4, -0.2) is 46.5 Å². The highest BCUT2D eigenvalue weighted by Crippen LogP contribution is 2.16. The number of H-pyrrole nitrogens is 1. The number of nitrogens with one attached hydrogen (secondary N) is 2. The summed E-state index contributed by atoms with van der Waals surface area (Å²) in [6, 6.07) is 12.8. The molecule has 1 aliphatic heterocycles. The molecule has 0 spiro atoms. The first-order valence-corrected chi connectivity index (χ1v) is 12.2. The zero-order valence-corrected chi connectivity index (χ0v) is 20.3. The number of likely N-dealkylation sites (tertiary alicyclic amines) is 1. The number of aromatic amines is 1. The fraction of sp³-hybridized carbons (Fsp3) is 0.375. The van der Waals surface area contributed by atoms with Gasteiger partial charge in [0, 0.05) is 16.6 Å². The smallest absolute Gasteiger partial charge is 0.262 e. The lowest BCUT2D eigenvalue weighted by Gasteiger charge is -2.26. The molecule has 0 bridgehead atoms. The van der Waals surface area contributed by atoms with E-state index in [4.69, 9.17) is 12.2 Å². The summed E-state index contributed by atoms with van der Waals surface area (Å²) >= 11 is 8.81. The van der Waals surface area contributed by atoms with Gasteiger partial charge in [0.05, 0.1) is 17.4 Å². The number of carbonyl (C=O) groups is 1. The molecular weight excluding hydrogens is 488 g/mol. The van der Waals surface area contributed by atoms with Gasteiger partial charge >= 0.3 is 0 Å². The number of aromatic nitrogens is 2. The van der Waals surface area contributed by atoms with E-state index in [0.717, 1.165) is 23.0 Å². The summed E-state index contributed by atoms with van der Waals surface area (Å²) in [5.74, 6) is -0.0693. The van der Waals surface area contributed by atoms with E-state index >= 15 is 0 Å². The van der Waals surface area contributed by atoms with Gasteiger partial charge in [0.15, 0.2) is 4.77 Å². The number of nitrogens with zero attached hydrogens (tertiary/aromatic N) is 2. The van der Waals surface area contributed by atoms with Gasteiger partial charge < -0.3 is 15.2 Å². The van der Waals surface area contributed by atoms with E-state index in [1.807, 2.05) is 24.3 Å². The Morgan fingerprint density at radius 1 is 1.09 bits per heavy atom. The van der Waals surface area contributed by atoms with Crippen molar-refractivity contribution >= 4 is 45.0 Å². The quantitative estimate of drug-likeness (QED) is 0.360. The van der Waals surface area contributed by atoms with Crippen molar-refractivity contribution in [1.29, 1.82) is 0 Å². The minimum Gasteiger partial charge on any atom is -0.352 e. The molecular formula is C24H27BrN4O2S. The fourth-order valence-electron chi connectivity index (χ4n) is 4.10. The van der Waals surface area contributed by atoms with Crippen molar-refractivity contribution in [3.63, 3.8) is 0 Å². The Balaban J connectivity index is 1.37. The molecule has 0 radical (unpaired) electrons. The van der Waals surface area contributed by atoms with Gasteiger partial charge in [-0.15, -0.1) is 0 Å². The molecule has 1 amide bonds. The Kier molecular flexibility index (Phi) is 7.55. The predicted molar refractivity (Wildman–Crippen MR) is 134 cm³/mol. The zero-order chi connectivity index (χ0) is 22.5. The highest BCUT2D eigenvalue weighted by atomic mass is 79.9. The van der Waals surface area contributed by atoms with E-state index in [0.29, 0.717) is 34.3 Å². The summed E-state index contributed by atoms with van der Waals surface area (Å²) < 4.78 is 2.76. The molecule has 0 aliphatic carbocycles. The van der Waals surface area contributed by atoms with E-state index in [9.17, 15) is 9.59 Å². The van der Waals surface area contributed by atoms with E-state index in [1.165, 1.54) is 32.4 Å². The largest absolute Gasteiger partial charge is 0.352 e. The van der Waals surface area contributed by atoms with Gasteiger partial charge in [-0.1, -0.05) is 34.5 Å². The number of amides is 1. The van der Waals surface area contributed by atoms with Crippen LogP contribution in [0.5, 0.6) is 0 Å². The monoisotopic (exact) mass is 514 g/mol. The number of hydrogen-bond donors (Lipinski definition) is 2. The number of fused-ring (bicyclic) bond motifs is 1. The van der Waals surface area contributed by atoms with Crippen molar-refractivity contribution in [1.82, 2.24) is 19.8 Å². The Labute approximate surface area is 200 Å². The van der Waals surface area contributed by atoms with Crippen LogP contribution in [0.15, 0.2) is 51.7 Å². The summed E-state index contributed by atoms with van der Waals surface area (Å²) in [5.41, 5.74) is 2.10. The first-order valence-electron chi connectivity index (χ1n) is 11.0. The van der Waals surface area contributed by atoms with Crippen molar-refractivity contribution in [2.24, 2.45) is 0 Å². The molecule has 32 heavy (non-hydrogen) atoms. The molecule has 8 heteroatoms. The van der Waals surface area contributed by atoms with Crippen LogP contribution in [0.1, 0.15) is 41.6 Å². The van der Waals surface area contributed by atoms with E-state index < -0.39 is 0 Å². The van der Waals surface area contributed by atoms with Crippen LogP contribution in [0, 0.1) is 4.77 Å². The molecule has 2 aromatic carbocycles. The lowest BCUT2D eigenvalue weighted by atomic mass is 10.1. The van der Waals surface area contributed by atoms with Gasteiger partial charge in [-0.2, -0.15) is 0 Å². The number of carbonyl (C=O) groups excluding carboxylic acids is 1. The average Bonchev–Trinajstić information content (AvgIpc) is 2.81. The van der Waals surface area contributed by atoms with Crippen molar-refractivity contribution in [3.05, 3.63) is 73.2 Å². The number of hydrogen-bond acceptors (Lipinski definition) is 4. The molecule has 2 N–H and O–H groups in total. The maximum absolute atomic E-state index is 12.9. The van der Waals surface area contributed by atoms with Gasteiger partial charge in [0.2, 0.25) is 0 Å². The topological polar surface area (TPSA) is 70.1 Å². The molecule has 1 aromatic heterocycles. The number of rotatable bonds is 7. The second kappa shape index (κ2) is 10.6. The maximum Gasteiger partial charge on any atom is 0.262 e. The molecule has 1 fully saturated rings. The van der Waals surface area contributed by atoms with Crippen LogP contribution < -0.4 is 10.9 Å². The summed E-state index contributed by atoms with van der Waals surface area (Å²) in [4.78, 5) is 31.0. The van der Waals surface area contributed by atoms with Gasteiger partial charge in [0.25, 0.3) is 11.5 Å². The minimum atomic E-state index is -0.138. The Bertz CT molecular complexity index is 1210. The van der Waals surface area contributed by atoms with Crippen LogP contribution in [0.25, 0.3) is 10.9 Å². The summed E-state index contributed by atoms with van der Waals surface area (Å²) in [5, 5.41) is 3.58. The standard InChI is InChI=1S/C24H27BrN4O2S/c25-19-9-10-21-20(15-19)23(31)29(24(32)27-21)16-17-5-7-18(8-6-17)22(30)26-11-4-14-28-12-2-1-3-13-28/h5-10,15H,1-4,11-14,16H2,(H,26,30)(H,27,32). The molecule has 6 nitrogen and oxygen atoms in total. The predicted octanol–water partition coefficient (Wildman–Crippen LogP) is 4.48. The van der Waals surface area contributed by atoms with Crippen LogP contribution in [0.2, 0.25) is 0 Å². The molecule has 1 aliphatic rings. The minimum absolute atomic E-state index is 0.0693. The van der Waals surface area contributed by atoms with Gasteiger partial charge in [0.1, 0.15) is 0 Å². The van der Waals surface area contributed by atoms with Crippen LogP contribution in [0.4, 0.5) is 0 Å². The van der Waals surface area contributed by atoms with Gasteiger partial charge in [-0.05, 0) is 87.0 Å². The molecule has 0 saturated carbocycles. The molecule has 1 saturated heterocycles. The summed E-state index contributed by atoms with van der Waals surface area (Å²) in [7, 11) is 0. The normalized spacial score (nSPS) is 14.5. The molecule has 3 aromatic rings. The third-order valence-electron chi connectivity index (χ3n) is 5.89. The lowest BCUT2D eigenvalue weighted by Crippen LogP contribution is -2.33. The molecule has 0 atom stereocenters. The Morgan fingerprint density at radius 3 is 2.59 bits per heavy atom. The molecule has 2 heterocycles. The maximum atomic E-state index is 12.9. The van der Waals surface area contributed by atoms with Gasteiger partial charge in [-0.25, -0.2) is 0 Å². The van der Waals surface area contributed by atoms with E-state index in [-0.39, 0.29) is 11.5 Å². The summed E-state index contributed by atoms with van der Waals surface area (Å²) in [6.45, 7) is 4.41. The highest BCUT2D eigenvalue weighted by Gasteiger charge is 2.11. The van der Waals surface area contributed by atoms with E-state index in [2.05, 4.69) is 31.1 Å². The third kappa shape index (κ3) is 5.54. The van der Waals surface area contributed by atoms with Crippen LogP contribution in [0.3, 0.4) is 0 Å². The first-order chi connectivity index (χ1) is 15.5. The van der Waals surface area contributed by atoms with Crippen LogP contribution >= 0.6 is 28.1 Å². The lowest BCUT2D eigenvalue weighted by molar-refractivity contribution is 0.0951. The van der Waals surface area contributed by atoms with Crippen LogP contribution in [-0.2, 0) is 6.54 Å². The first kappa shape index (κ1) is 22.9. The van der Waals surface area contributed by atoms with Gasteiger partial charge in [-0.3, -0.25) is 14.2 Å². The average molecular weight is 515 g/mol. The number of benzene rings is 2. The van der Waals surface area contributed by atoms with Crippen molar-refractivity contribution in [2.45, 2.75) is 32.2 Å². The number of halogens is 1. The molecule has 4 rings (SSSR count).